The molecular weight excluding hydrogens is 232 g/mol. The molecule has 0 aliphatic heterocycles. The van der Waals surface area contributed by atoms with Crippen molar-refractivity contribution in [1.82, 2.24) is 4.98 Å². The van der Waals surface area contributed by atoms with Crippen LogP contribution in [0.15, 0.2) is 42.7 Å². The Kier molecular flexibility index (Phi) is 4.69. The molecule has 2 aromatic rings. The van der Waals surface area contributed by atoms with Gasteiger partial charge in [-0.2, -0.15) is 0 Å². The van der Waals surface area contributed by atoms with Crippen LogP contribution < -0.4 is 5.73 Å². The van der Waals surface area contributed by atoms with Gasteiger partial charge in [-0.3, -0.25) is 4.98 Å². The van der Waals surface area contributed by atoms with Gasteiger partial charge in [0.05, 0.1) is 6.04 Å². The summed E-state index contributed by atoms with van der Waals surface area (Å²) < 4.78 is 0. The lowest BCUT2D eigenvalue weighted by Crippen LogP contribution is -2.14. The van der Waals surface area contributed by atoms with E-state index in [1.54, 1.807) is 0 Å². The summed E-state index contributed by atoms with van der Waals surface area (Å²) in [5, 5.41) is 0. The van der Waals surface area contributed by atoms with Crippen LogP contribution in [-0.2, 0) is 12.8 Å². The quantitative estimate of drug-likeness (QED) is 0.884. The molecule has 1 atom stereocenters. The van der Waals surface area contributed by atoms with E-state index in [2.05, 4.69) is 43.1 Å². The van der Waals surface area contributed by atoms with Gasteiger partial charge in [0.1, 0.15) is 0 Å². The second-order valence-corrected chi connectivity index (χ2v) is 4.90. The van der Waals surface area contributed by atoms with Crippen molar-refractivity contribution in [2.75, 3.05) is 0 Å². The second-order valence-electron chi connectivity index (χ2n) is 4.90. The molecule has 2 heteroatoms. The fourth-order valence-electron chi connectivity index (χ4n) is 2.45. The van der Waals surface area contributed by atoms with Gasteiger partial charge in [0, 0.05) is 12.4 Å². The van der Waals surface area contributed by atoms with Crippen LogP contribution in [-0.4, -0.2) is 4.98 Å². The lowest BCUT2D eigenvalue weighted by atomic mass is 9.94. The number of aromatic nitrogens is 1. The van der Waals surface area contributed by atoms with E-state index in [1.165, 1.54) is 22.3 Å². The highest BCUT2D eigenvalue weighted by molar-refractivity contribution is 5.37. The summed E-state index contributed by atoms with van der Waals surface area (Å²) in [6.07, 6.45) is 6.98. The predicted molar refractivity (Wildman–Crippen MR) is 80.1 cm³/mol. The van der Waals surface area contributed by atoms with Crippen molar-refractivity contribution in [2.45, 2.75) is 39.2 Å². The van der Waals surface area contributed by atoms with Crippen LogP contribution in [0.2, 0.25) is 0 Å². The Balaban J connectivity index is 2.32. The van der Waals surface area contributed by atoms with Gasteiger partial charge in [-0.15, -0.1) is 0 Å². The number of pyridine rings is 1. The molecule has 2 nitrogen and oxygen atoms in total. The first kappa shape index (κ1) is 13.8. The van der Waals surface area contributed by atoms with Crippen LogP contribution in [0.1, 0.15) is 48.6 Å². The van der Waals surface area contributed by atoms with Crippen LogP contribution in [0.3, 0.4) is 0 Å². The Morgan fingerprint density at radius 1 is 1.21 bits per heavy atom. The van der Waals surface area contributed by atoms with Crippen LogP contribution >= 0.6 is 0 Å². The zero-order chi connectivity index (χ0) is 13.7. The number of nitrogens with zero attached hydrogens (tertiary/aromatic N) is 1. The van der Waals surface area contributed by atoms with Crippen molar-refractivity contribution < 1.29 is 0 Å². The molecule has 1 unspecified atom stereocenters. The molecule has 0 saturated heterocycles. The molecule has 0 aliphatic rings. The fraction of sp³-hybridized carbons (Fsp3) is 0.353. The maximum Gasteiger partial charge on any atom is 0.0555 e. The standard InChI is InChI=1S/C17H22N2/c1-3-6-13-7-5-8-15(11-13)17(18)16-9-10-19-12-14(16)4-2/h5,7-12,17H,3-4,6,18H2,1-2H3. The molecule has 0 fully saturated rings. The average molecular weight is 254 g/mol. The minimum absolute atomic E-state index is 0.0604. The monoisotopic (exact) mass is 254 g/mol. The third-order valence-corrected chi connectivity index (χ3v) is 3.51. The Morgan fingerprint density at radius 3 is 2.79 bits per heavy atom. The van der Waals surface area contributed by atoms with E-state index in [9.17, 15) is 0 Å². The predicted octanol–water partition coefficient (Wildman–Crippen LogP) is 3.64. The number of hydrogen-bond donors (Lipinski definition) is 1. The summed E-state index contributed by atoms with van der Waals surface area (Å²) in [4.78, 5) is 4.18. The zero-order valence-corrected chi connectivity index (χ0v) is 11.8. The normalized spacial score (nSPS) is 12.4. The minimum atomic E-state index is -0.0604. The van der Waals surface area contributed by atoms with Crippen molar-refractivity contribution in [3.05, 3.63) is 65.0 Å². The zero-order valence-electron chi connectivity index (χ0n) is 11.8. The molecule has 1 heterocycles. The summed E-state index contributed by atoms with van der Waals surface area (Å²) in [7, 11) is 0. The van der Waals surface area contributed by atoms with Crippen LogP contribution in [0.5, 0.6) is 0 Å². The topological polar surface area (TPSA) is 38.9 Å². The third kappa shape index (κ3) is 3.21. The molecular formula is C17H22N2. The van der Waals surface area contributed by atoms with E-state index >= 15 is 0 Å². The molecule has 0 aliphatic carbocycles. The van der Waals surface area contributed by atoms with E-state index in [1.807, 2.05) is 18.5 Å². The highest BCUT2D eigenvalue weighted by Gasteiger charge is 2.12. The summed E-state index contributed by atoms with van der Waals surface area (Å²) in [6, 6.07) is 10.6. The maximum atomic E-state index is 6.43. The second kappa shape index (κ2) is 6.48. The lowest BCUT2D eigenvalue weighted by molar-refractivity contribution is 0.836. The molecule has 0 bridgehead atoms. The summed E-state index contributed by atoms with van der Waals surface area (Å²) >= 11 is 0. The van der Waals surface area contributed by atoms with Gasteiger partial charge in [-0.1, -0.05) is 44.5 Å². The van der Waals surface area contributed by atoms with Gasteiger partial charge < -0.3 is 5.73 Å². The van der Waals surface area contributed by atoms with E-state index in [4.69, 9.17) is 5.73 Å². The van der Waals surface area contributed by atoms with Crippen LogP contribution in [0.25, 0.3) is 0 Å². The summed E-state index contributed by atoms with van der Waals surface area (Å²) in [6.45, 7) is 4.34. The number of hydrogen-bond acceptors (Lipinski definition) is 2. The number of aryl methyl sites for hydroxylation is 2. The van der Waals surface area contributed by atoms with Gasteiger partial charge in [0.15, 0.2) is 0 Å². The van der Waals surface area contributed by atoms with Crippen molar-refractivity contribution in [3.63, 3.8) is 0 Å². The maximum absolute atomic E-state index is 6.43. The van der Waals surface area contributed by atoms with Gasteiger partial charge in [0.25, 0.3) is 0 Å². The third-order valence-electron chi connectivity index (χ3n) is 3.51. The summed E-state index contributed by atoms with van der Waals surface area (Å²) in [5.41, 5.74) is 11.4. The Labute approximate surface area is 115 Å². The first-order chi connectivity index (χ1) is 9.26. The number of rotatable bonds is 5. The highest BCUT2D eigenvalue weighted by atomic mass is 14.7. The van der Waals surface area contributed by atoms with Crippen molar-refractivity contribution in [1.29, 1.82) is 0 Å². The van der Waals surface area contributed by atoms with Crippen LogP contribution in [0, 0.1) is 0 Å². The number of nitrogens with two attached hydrogens (primary N) is 1. The summed E-state index contributed by atoms with van der Waals surface area (Å²) in [5.74, 6) is 0. The van der Waals surface area contributed by atoms with Crippen molar-refractivity contribution >= 4 is 0 Å². The minimum Gasteiger partial charge on any atom is -0.320 e. The van der Waals surface area contributed by atoms with E-state index in [0.29, 0.717) is 0 Å². The largest absolute Gasteiger partial charge is 0.320 e. The molecule has 2 N–H and O–H groups in total. The molecule has 0 spiro atoms. The molecule has 100 valence electrons. The molecule has 1 aromatic carbocycles. The molecule has 0 radical (unpaired) electrons. The molecule has 0 amide bonds. The van der Waals surface area contributed by atoms with E-state index in [0.717, 1.165) is 19.3 Å². The van der Waals surface area contributed by atoms with E-state index < -0.39 is 0 Å². The smallest absolute Gasteiger partial charge is 0.0555 e. The van der Waals surface area contributed by atoms with Crippen molar-refractivity contribution in [2.24, 2.45) is 5.73 Å². The Morgan fingerprint density at radius 2 is 2.05 bits per heavy atom. The molecule has 0 saturated carbocycles. The average Bonchev–Trinajstić information content (AvgIpc) is 2.47. The van der Waals surface area contributed by atoms with Gasteiger partial charge in [-0.05, 0) is 41.2 Å². The molecule has 2 rings (SSSR count). The molecule has 19 heavy (non-hydrogen) atoms. The van der Waals surface area contributed by atoms with E-state index in [-0.39, 0.29) is 6.04 Å². The van der Waals surface area contributed by atoms with Gasteiger partial charge in [0.2, 0.25) is 0 Å². The highest BCUT2D eigenvalue weighted by Crippen LogP contribution is 2.23. The SMILES string of the molecule is CCCc1cccc(C(N)c2ccncc2CC)c1. The fourth-order valence-corrected chi connectivity index (χ4v) is 2.45. The van der Waals surface area contributed by atoms with Crippen LogP contribution in [0.4, 0.5) is 0 Å². The van der Waals surface area contributed by atoms with Crippen molar-refractivity contribution in [3.8, 4) is 0 Å². The Hall–Kier alpha value is -1.67. The van der Waals surface area contributed by atoms with Gasteiger partial charge in [-0.25, -0.2) is 0 Å². The lowest BCUT2D eigenvalue weighted by Gasteiger charge is -2.16. The molecule has 1 aromatic heterocycles. The Bertz CT molecular complexity index is 534. The first-order valence-electron chi connectivity index (χ1n) is 7.03. The first-order valence-corrected chi connectivity index (χ1v) is 7.03. The van der Waals surface area contributed by atoms with Gasteiger partial charge >= 0.3 is 0 Å². The number of benzene rings is 1.